The highest BCUT2D eigenvalue weighted by Crippen LogP contribution is 2.26. The Morgan fingerprint density at radius 3 is 2.56 bits per heavy atom. The number of carbonyl (C=O) groups is 2. The number of rotatable bonds is 6. The van der Waals surface area contributed by atoms with Gasteiger partial charge in [-0.25, -0.2) is 0 Å². The van der Waals surface area contributed by atoms with Crippen LogP contribution < -0.4 is 20.7 Å². The van der Waals surface area contributed by atoms with Gasteiger partial charge in [-0.05, 0) is 37.4 Å². The molecule has 0 radical (unpaired) electrons. The van der Waals surface area contributed by atoms with E-state index in [2.05, 4.69) is 22.2 Å². The number of anilines is 2. The summed E-state index contributed by atoms with van der Waals surface area (Å²) in [5.41, 5.74) is 7.37. The molecule has 2 aromatic rings. The molecule has 2 aromatic carbocycles. The summed E-state index contributed by atoms with van der Waals surface area (Å²) in [6.45, 7) is 3.65. The first-order chi connectivity index (χ1) is 13.0. The van der Waals surface area contributed by atoms with Gasteiger partial charge in [0, 0.05) is 31.7 Å². The molecule has 1 saturated heterocycles. The molecule has 0 bridgehead atoms. The molecule has 7 heteroatoms. The quantitative estimate of drug-likeness (QED) is 0.808. The number of likely N-dealkylation sites (N-methyl/N-ethyl adjacent to an activating group) is 1. The van der Waals surface area contributed by atoms with Crippen molar-refractivity contribution >= 4 is 23.2 Å². The largest absolute Gasteiger partial charge is 0.484 e. The maximum atomic E-state index is 12.3. The zero-order valence-corrected chi connectivity index (χ0v) is 15.4. The van der Waals surface area contributed by atoms with Gasteiger partial charge in [0.1, 0.15) is 5.75 Å². The van der Waals surface area contributed by atoms with Crippen LogP contribution in [-0.2, 0) is 4.79 Å². The number of nitrogens with two attached hydrogens (primary N) is 1. The molecular weight excluding hydrogens is 344 g/mol. The van der Waals surface area contributed by atoms with E-state index in [1.807, 2.05) is 24.3 Å². The lowest BCUT2D eigenvalue weighted by molar-refractivity contribution is -0.118. The van der Waals surface area contributed by atoms with Crippen LogP contribution in [-0.4, -0.2) is 56.5 Å². The molecule has 0 aliphatic carbocycles. The van der Waals surface area contributed by atoms with Crippen molar-refractivity contribution < 1.29 is 14.3 Å². The molecule has 1 fully saturated rings. The highest BCUT2D eigenvalue weighted by atomic mass is 16.5. The van der Waals surface area contributed by atoms with Crippen molar-refractivity contribution in [2.24, 2.45) is 5.73 Å². The van der Waals surface area contributed by atoms with Crippen molar-refractivity contribution in [3.8, 4) is 5.75 Å². The van der Waals surface area contributed by atoms with Gasteiger partial charge in [0.15, 0.2) is 6.61 Å². The van der Waals surface area contributed by atoms with E-state index in [1.54, 1.807) is 18.2 Å². The maximum Gasteiger partial charge on any atom is 0.262 e. The van der Waals surface area contributed by atoms with Crippen LogP contribution in [0.5, 0.6) is 5.75 Å². The number of hydrogen-bond acceptors (Lipinski definition) is 5. The van der Waals surface area contributed by atoms with Gasteiger partial charge < -0.3 is 25.6 Å². The Morgan fingerprint density at radius 1 is 1.07 bits per heavy atom. The van der Waals surface area contributed by atoms with Gasteiger partial charge in [-0.3, -0.25) is 9.59 Å². The van der Waals surface area contributed by atoms with Crippen LogP contribution in [0, 0.1) is 0 Å². The molecule has 0 atom stereocenters. The second-order valence-corrected chi connectivity index (χ2v) is 6.54. The van der Waals surface area contributed by atoms with Crippen molar-refractivity contribution in [2.45, 2.75) is 0 Å². The van der Waals surface area contributed by atoms with Crippen LogP contribution >= 0.6 is 0 Å². The van der Waals surface area contributed by atoms with E-state index in [0.717, 1.165) is 37.6 Å². The number of carbonyl (C=O) groups excluding carboxylic acids is 2. The Hall–Kier alpha value is -3.06. The topological polar surface area (TPSA) is 87.9 Å². The number of hydrogen-bond donors (Lipinski definition) is 2. The van der Waals surface area contributed by atoms with E-state index < -0.39 is 5.91 Å². The molecule has 3 N–H and O–H groups in total. The molecule has 7 nitrogen and oxygen atoms in total. The zero-order valence-electron chi connectivity index (χ0n) is 15.4. The second-order valence-electron chi connectivity index (χ2n) is 6.54. The molecule has 2 amide bonds. The van der Waals surface area contributed by atoms with Crippen molar-refractivity contribution in [2.75, 3.05) is 50.1 Å². The normalized spacial score (nSPS) is 14.6. The molecule has 1 aliphatic rings. The van der Waals surface area contributed by atoms with Gasteiger partial charge in [0.05, 0.1) is 11.4 Å². The van der Waals surface area contributed by atoms with Gasteiger partial charge in [0.2, 0.25) is 5.91 Å². The van der Waals surface area contributed by atoms with Crippen LogP contribution in [0.2, 0.25) is 0 Å². The molecule has 0 spiro atoms. The number of primary amides is 1. The number of ether oxygens (including phenoxy) is 1. The van der Waals surface area contributed by atoms with Crippen LogP contribution in [0.3, 0.4) is 0 Å². The first-order valence-electron chi connectivity index (χ1n) is 8.88. The Morgan fingerprint density at radius 2 is 1.81 bits per heavy atom. The number of nitrogens with one attached hydrogen (secondary N) is 1. The van der Waals surface area contributed by atoms with Crippen molar-refractivity contribution in [1.82, 2.24) is 4.90 Å². The van der Waals surface area contributed by atoms with E-state index in [1.165, 1.54) is 6.07 Å². The minimum absolute atomic E-state index is 0.153. The lowest BCUT2D eigenvalue weighted by Gasteiger charge is -2.35. The van der Waals surface area contributed by atoms with Gasteiger partial charge in [-0.2, -0.15) is 0 Å². The summed E-state index contributed by atoms with van der Waals surface area (Å²) < 4.78 is 5.49. The molecular formula is C20H24N4O3. The number of amides is 2. The van der Waals surface area contributed by atoms with E-state index in [0.29, 0.717) is 11.3 Å². The third kappa shape index (κ3) is 4.98. The number of nitrogens with zero attached hydrogens (tertiary/aromatic N) is 2. The summed E-state index contributed by atoms with van der Waals surface area (Å²) in [6, 6.07) is 14.2. The first-order valence-corrected chi connectivity index (χ1v) is 8.88. The summed E-state index contributed by atoms with van der Waals surface area (Å²) in [5.74, 6) is -0.374. The summed E-state index contributed by atoms with van der Waals surface area (Å²) in [6.07, 6.45) is 0. The molecule has 0 aromatic heterocycles. The Balaban J connectivity index is 1.61. The van der Waals surface area contributed by atoms with E-state index >= 15 is 0 Å². The molecule has 142 valence electrons. The monoisotopic (exact) mass is 368 g/mol. The molecule has 3 rings (SSSR count). The molecule has 0 unspecified atom stereocenters. The Kier molecular flexibility index (Phi) is 5.93. The lowest BCUT2D eigenvalue weighted by Crippen LogP contribution is -2.44. The third-order valence-corrected chi connectivity index (χ3v) is 4.51. The van der Waals surface area contributed by atoms with Crippen LogP contribution in [0.1, 0.15) is 10.4 Å². The predicted molar refractivity (Wildman–Crippen MR) is 105 cm³/mol. The molecule has 0 saturated carbocycles. The van der Waals surface area contributed by atoms with Gasteiger partial charge in [-0.1, -0.05) is 18.2 Å². The van der Waals surface area contributed by atoms with Crippen LogP contribution in [0.15, 0.2) is 48.5 Å². The minimum atomic E-state index is -0.536. The predicted octanol–water partition coefficient (Wildman–Crippen LogP) is 1.55. The SMILES string of the molecule is CN1CCN(c2ccccc2NC(=O)COc2cccc(C(N)=O)c2)CC1. The lowest BCUT2D eigenvalue weighted by atomic mass is 10.2. The Bertz CT molecular complexity index is 816. The average molecular weight is 368 g/mol. The Labute approximate surface area is 158 Å². The van der Waals surface area contributed by atoms with Crippen molar-refractivity contribution in [3.05, 3.63) is 54.1 Å². The maximum absolute atomic E-state index is 12.3. The number of para-hydroxylation sites is 2. The number of benzene rings is 2. The van der Waals surface area contributed by atoms with Crippen LogP contribution in [0.4, 0.5) is 11.4 Å². The number of piperazine rings is 1. The standard InChI is InChI=1S/C20H24N4O3/c1-23-9-11-24(12-10-23)18-8-3-2-7-17(18)22-19(25)14-27-16-6-4-5-15(13-16)20(21)26/h2-8,13H,9-12,14H2,1H3,(H2,21,26)(H,22,25). The highest BCUT2D eigenvalue weighted by molar-refractivity contribution is 5.95. The molecule has 1 heterocycles. The summed E-state index contributed by atoms with van der Waals surface area (Å²) >= 11 is 0. The summed E-state index contributed by atoms with van der Waals surface area (Å²) in [7, 11) is 2.11. The first kappa shape index (κ1) is 18.7. The van der Waals surface area contributed by atoms with Crippen molar-refractivity contribution in [1.29, 1.82) is 0 Å². The van der Waals surface area contributed by atoms with Gasteiger partial charge in [0.25, 0.3) is 5.91 Å². The smallest absolute Gasteiger partial charge is 0.262 e. The van der Waals surface area contributed by atoms with Gasteiger partial charge in [-0.15, -0.1) is 0 Å². The molecule has 27 heavy (non-hydrogen) atoms. The highest BCUT2D eigenvalue weighted by Gasteiger charge is 2.17. The third-order valence-electron chi connectivity index (χ3n) is 4.51. The van der Waals surface area contributed by atoms with Crippen LogP contribution in [0.25, 0.3) is 0 Å². The second kappa shape index (κ2) is 8.55. The minimum Gasteiger partial charge on any atom is -0.484 e. The van der Waals surface area contributed by atoms with E-state index in [4.69, 9.17) is 10.5 Å². The fourth-order valence-corrected chi connectivity index (χ4v) is 2.98. The van der Waals surface area contributed by atoms with E-state index in [-0.39, 0.29) is 12.5 Å². The van der Waals surface area contributed by atoms with Crippen molar-refractivity contribution in [3.63, 3.8) is 0 Å². The fourth-order valence-electron chi connectivity index (χ4n) is 2.98. The summed E-state index contributed by atoms with van der Waals surface area (Å²) in [5, 5.41) is 2.92. The van der Waals surface area contributed by atoms with Gasteiger partial charge >= 0.3 is 0 Å². The summed E-state index contributed by atoms with van der Waals surface area (Å²) in [4.78, 5) is 28.1. The van der Waals surface area contributed by atoms with E-state index in [9.17, 15) is 9.59 Å². The molecule has 1 aliphatic heterocycles. The average Bonchev–Trinajstić information content (AvgIpc) is 2.68. The fraction of sp³-hybridized carbons (Fsp3) is 0.300. The zero-order chi connectivity index (χ0) is 19.2.